The van der Waals surface area contributed by atoms with Crippen LogP contribution in [0.3, 0.4) is 0 Å². The van der Waals surface area contributed by atoms with Crippen molar-refractivity contribution in [3.8, 4) is 0 Å². The molecule has 0 bridgehead atoms. The van der Waals surface area contributed by atoms with Crippen LogP contribution < -0.4 is 43.4 Å². The van der Waals surface area contributed by atoms with Gasteiger partial charge in [-0.1, -0.05) is 38.5 Å². The topological polar surface area (TPSA) is 351 Å². The summed E-state index contributed by atoms with van der Waals surface area (Å²) in [5, 5.41) is 46.8. The molecular weight excluding hydrogens is 929 g/mol. The number of ketones is 1. The van der Waals surface area contributed by atoms with Crippen LogP contribution in [0, 0.1) is 0 Å². The predicted molar refractivity (Wildman–Crippen MR) is 263 cm³/mol. The fourth-order valence-corrected chi connectivity index (χ4v) is 7.37. The minimum atomic E-state index is -1.42. The maximum absolute atomic E-state index is 13.5. The number of ether oxygens (including phenoxy) is 5. The second kappa shape index (κ2) is 41.6. The number of hydrogen-bond donors (Lipinski definition) is 11. The van der Waals surface area contributed by atoms with Crippen LogP contribution in [-0.4, -0.2) is 185 Å². The molecule has 0 saturated carbocycles. The van der Waals surface area contributed by atoms with E-state index < -0.39 is 48.7 Å². The molecule has 412 valence electrons. The summed E-state index contributed by atoms with van der Waals surface area (Å²) in [7, 11) is 0. The Labute approximate surface area is 420 Å². The van der Waals surface area contributed by atoms with Crippen molar-refractivity contribution in [2.24, 2.45) is 11.5 Å². The van der Waals surface area contributed by atoms with E-state index in [1.807, 2.05) is 0 Å². The largest absolute Gasteiger partial charge is 0.394 e. The second-order valence-electron chi connectivity index (χ2n) is 18.1. The van der Waals surface area contributed by atoms with E-state index in [-0.39, 0.29) is 114 Å². The van der Waals surface area contributed by atoms with Crippen molar-refractivity contribution in [2.75, 3.05) is 92.1 Å². The summed E-state index contributed by atoms with van der Waals surface area (Å²) in [6, 6.07) is -1.05. The molecule has 13 N–H and O–H groups in total. The molecule has 5 atom stereocenters. The van der Waals surface area contributed by atoms with Crippen LogP contribution in [0.4, 0.5) is 0 Å². The van der Waals surface area contributed by atoms with Gasteiger partial charge in [-0.25, -0.2) is 0 Å². The third-order valence-corrected chi connectivity index (χ3v) is 11.4. The lowest BCUT2D eigenvalue weighted by molar-refractivity contribution is -0.270. The average molecular weight is 1020 g/mol. The summed E-state index contributed by atoms with van der Waals surface area (Å²) in [4.78, 5) is 86.1. The second-order valence-corrected chi connectivity index (χ2v) is 18.1. The first kappa shape index (κ1) is 65.1. The Morgan fingerprint density at radius 2 is 0.944 bits per heavy atom. The van der Waals surface area contributed by atoms with Crippen LogP contribution in [0.2, 0.25) is 0 Å². The van der Waals surface area contributed by atoms with Gasteiger partial charge in [0, 0.05) is 78.2 Å². The summed E-state index contributed by atoms with van der Waals surface area (Å²) < 4.78 is 29.1. The Kier molecular flexibility index (Phi) is 38.1. The number of aliphatic hydroxyl groups excluding tert-OH is 3. The highest BCUT2D eigenvalue weighted by Crippen LogP contribution is 2.23. The Hall–Kier alpha value is -3.91. The molecule has 23 nitrogen and oxygen atoms in total. The summed E-state index contributed by atoms with van der Waals surface area (Å²) >= 11 is 0. The lowest BCUT2D eigenvalue weighted by atomic mass is 9.97. The molecule has 23 heteroatoms. The lowest BCUT2D eigenvalue weighted by Crippen LogP contribution is -2.64. The van der Waals surface area contributed by atoms with Gasteiger partial charge in [0.2, 0.25) is 35.4 Å². The monoisotopic (exact) mass is 1020 g/mol. The van der Waals surface area contributed by atoms with E-state index in [1.165, 1.54) is 6.92 Å². The predicted octanol–water partition coefficient (Wildman–Crippen LogP) is -0.765. The van der Waals surface area contributed by atoms with Gasteiger partial charge in [0.25, 0.3) is 0 Å². The molecule has 0 spiro atoms. The SMILES string of the molecule is CC(=O)CCCCCCCCCCC(=O)NC(COCCC(=O)NCCCN)(COCCC(=O)NCCCN)COCCC(=O)NCCCNC(=O)CCCCO[C@@H]1OC(CO)[C@H](O)C(O)[C@@H]1NC(C)=O. The summed E-state index contributed by atoms with van der Waals surface area (Å²) in [5.41, 5.74) is 9.84. The van der Waals surface area contributed by atoms with Crippen molar-refractivity contribution in [3.63, 3.8) is 0 Å². The van der Waals surface area contributed by atoms with Crippen molar-refractivity contribution in [2.45, 2.75) is 172 Å². The molecule has 1 heterocycles. The molecule has 1 aliphatic heterocycles. The van der Waals surface area contributed by atoms with Crippen LogP contribution in [0.5, 0.6) is 0 Å². The highest BCUT2D eigenvalue weighted by molar-refractivity contribution is 5.78. The molecule has 0 aliphatic carbocycles. The number of rotatable bonds is 45. The van der Waals surface area contributed by atoms with Gasteiger partial charge in [-0.3, -0.25) is 28.8 Å². The molecule has 2 unspecified atom stereocenters. The van der Waals surface area contributed by atoms with Gasteiger partial charge >= 0.3 is 0 Å². The van der Waals surface area contributed by atoms with Gasteiger partial charge in [-0.2, -0.15) is 0 Å². The summed E-state index contributed by atoms with van der Waals surface area (Å²) in [6.45, 7) is 4.66. The third-order valence-electron chi connectivity index (χ3n) is 11.4. The zero-order valence-electron chi connectivity index (χ0n) is 42.6. The number of carbonyl (C=O) groups is 7. The molecule has 0 aromatic carbocycles. The number of hydrogen-bond acceptors (Lipinski definition) is 17. The molecule has 71 heavy (non-hydrogen) atoms. The summed E-state index contributed by atoms with van der Waals surface area (Å²) in [6.07, 6.45) is 6.47. The Morgan fingerprint density at radius 1 is 0.521 bits per heavy atom. The number of aliphatic hydroxyl groups is 3. The van der Waals surface area contributed by atoms with Gasteiger partial charge in [0.15, 0.2) is 6.29 Å². The fraction of sp³-hybridized carbons (Fsp3) is 0.854. The van der Waals surface area contributed by atoms with Crippen LogP contribution in [0.15, 0.2) is 0 Å². The normalized spacial score (nSPS) is 17.8. The lowest BCUT2D eigenvalue weighted by Gasteiger charge is -2.42. The van der Waals surface area contributed by atoms with Crippen molar-refractivity contribution < 1.29 is 72.6 Å². The van der Waals surface area contributed by atoms with E-state index in [4.69, 9.17) is 35.2 Å². The fourth-order valence-electron chi connectivity index (χ4n) is 7.37. The number of unbranched alkanes of at least 4 members (excludes halogenated alkanes) is 8. The molecule has 0 radical (unpaired) electrons. The first-order valence-corrected chi connectivity index (χ1v) is 25.7. The number of Topliss-reactive ketones (excluding diaryl/α,β-unsaturated/α-hetero) is 1. The molecule has 1 fully saturated rings. The van der Waals surface area contributed by atoms with E-state index in [9.17, 15) is 48.9 Å². The minimum Gasteiger partial charge on any atom is -0.394 e. The number of nitrogens with one attached hydrogen (secondary N) is 6. The number of carbonyl (C=O) groups excluding carboxylic acids is 7. The maximum atomic E-state index is 13.5. The van der Waals surface area contributed by atoms with E-state index in [2.05, 4.69) is 31.9 Å². The molecule has 0 aromatic rings. The molecule has 1 saturated heterocycles. The minimum absolute atomic E-state index is 0.000494. The van der Waals surface area contributed by atoms with E-state index in [0.717, 1.165) is 44.9 Å². The summed E-state index contributed by atoms with van der Waals surface area (Å²) in [5.74, 6) is -1.39. The maximum Gasteiger partial charge on any atom is 0.222 e. The zero-order chi connectivity index (χ0) is 52.5. The van der Waals surface area contributed by atoms with Crippen LogP contribution in [0.25, 0.3) is 0 Å². The van der Waals surface area contributed by atoms with Crippen LogP contribution >= 0.6 is 0 Å². The molecule has 0 aromatic heterocycles. The number of nitrogens with two attached hydrogens (primary N) is 2. The van der Waals surface area contributed by atoms with Gasteiger partial charge < -0.3 is 87.2 Å². The highest BCUT2D eigenvalue weighted by Gasteiger charge is 2.45. The van der Waals surface area contributed by atoms with Crippen molar-refractivity contribution in [1.29, 1.82) is 0 Å². The van der Waals surface area contributed by atoms with Gasteiger partial charge in [-0.05, 0) is 65.0 Å². The number of amides is 6. The van der Waals surface area contributed by atoms with Crippen LogP contribution in [0.1, 0.15) is 136 Å². The van der Waals surface area contributed by atoms with Gasteiger partial charge in [0.1, 0.15) is 35.7 Å². The zero-order valence-corrected chi connectivity index (χ0v) is 42.6. The smallest absolute Gasteiger partial charge is 0.222 e. The van der Waals surface area contributed by atoms with Gasteiger partial charge in [0.05, 0.1) is 46.2 Å². The quantitative estimate of drug-likeness (QED) is 0.0334. The Balaban J connectivity index is 2.68. The molecule has 1 aliphatic rings. The van der Waals surface area contributed by atoms with E-state index in [1.54, 1.807) is 6.92 Å². The third kappa shape index (κ3) is 33.4. The standard InChI is InChI=1S/C48H90N8O15/c1-36(58)16-9-7-5-3-4-6-8-10-18-43(64)56-48(33-67-29-19-40(61)51-24-13-22-49,34-68-30-20-41(62)52-25-14-23-50)35-69-31-21-42(63)54-27-15-26-53-39(60)17-11-12-28-70-47-44(55-37(2)59)46(66)45(65)38(32-57)71-47/h38,44-47,57,65-66H,3-35,49-50H2,1-2H3,(H,51,61)(H,52,62)(H,53,60)(H,54,63)(H,55,59)(H,56,64)/t38?,44-,45-,46?,47+/m0/s1. The van der Waals surface area contributed by atoms with Crippen molar-refractivity contribution >= 4 is 41.2 Å². The average Bonchev–Trinajstić information content (AvgIpc) is 3.33. The highest BCUT2D eigenvalue weighted by atomic mass is 16.7. The molecular formula is C48H90N8O15. The van der Waals surface area contributed by atoms with E-state index in [0.29, 0.717) is 84.2 Å². The molecule has 6 amide bonds. The molecule has 1 rings (SSSR count). The Morgan fingerprint density at radius 3 is 1.39 bits per heavy atom. The van der Waals surface area contributed by atoms with Crippen molar-refractivity contribution in [1.82, 2.24) is 31.9 Å². The van der Waals surface area contributed by atoms with Gasteiger partial charge in [-0.15, -0.1) is 0 Å². The van der Waals surface area contributed by atoms with Crippen LogP contribution in [-0.2, 0) is 57.2 Å². The Bertz CT molecular complexity index is 1470. The van der Waals surface area contributed by atoms with Crippen molar-refractivity contribution in [3.05, 3.63) is 0 Å². The first-order chi connectivity index (χ1) is 34.2. The van der Waals surface area contributed by atoms with E-state index >= 15 is 0 Å². The first-order valence-electron chi connectivity index (χ1n) is 25.7.